The van der Waals surface area contributed by atoms with Crippen molar-refractivity contribution in [1.29, 1.82) is 5.26 Å². The van der Waals surface area contributed by atoms with Crippen LogP contribution in [0.4, 0.5) is 0 Å². The van der Waals surface area contributed by atoms with E-state index in [1.807, 2.05) is 12.1 Å². The van der Waals surface area contributed by atoms with E-state index in [4.69, 9.17) is 10.00 Å². The van der Waals surface area contributed by atoms with Gasteiger partial charge in [0.1, 0.15) is 10.9 Å². The molecule has 2 rings (SSSR count). The van der Waals surface area contributed by atoms with Crippen molar-refractivity contribution in [3.8, 4) is 6.07 Å². The standard InChI is InChI=1S/C12H16N2OS/c1-12(4-6-15-7-5-12)14-9-11-3-2-10(8-13)16-11/h2-3,14H,4-7,9H2,1H3. The van der Waals surface area contributed by atoms with E-state index in [0.29, 0.717) is 0 Å². The van der Waals surface area contributed by atoms with E-state index < -0.39 is 0 Å². The number of nitrogens with zero attached hydrogens (tertiary/aromatic N) is 1. The molecule has 1 aliphatic heterocycles. The van der Waals surface area contributed by atoms with Crippen LogP contribution < -0.4 is 5.32 Å². The van der Waals surface area contributed by atoms with Crippen LogP contribution in [0.25, 0.3) is 0 Å². The number of hydrogen-bond donors (Lipinski definition) is 1. The Hall–Kier alpha value is -0.890. The summed E-state index contributed by atoms with van der Waals surface area (Å²) in [5, 5.41) is 12.3. The highest BCUT2D eigenvalue weighted by molar-refractivity contribution is 7.12. The normalized spacial score (nSPS) is 19.2. The summed E-state index contributed by atoms with van der Waals surface area (Å²) in [5.41, 5.74) is 0.190. The molecular weight excluding hydrogens is 220 g/mol. The number of nitrogens with one attached hydrogen (secondary N) is 1. The van der Waals surface area contributed by atoms with Gasteiger partial charge < -0.3 is 10.1 Å². The lowest BCUT2D eigenvalue weighted by atomic mass is 9.92. The molecule has 1 aromatic rings. The van der Waals surface area contributed by atoms with Gasteiger partial charge in [0.2, 0.25) is 0 Å². The van der Waals surface area contributed by atoms with Crippen molar-refractivity contribution in [2.24, 2.45) is 0 Å². The van der Waals surface area contributed by atoms with Crippen molar-refractivity contribution in [2.75, 3.05) is 13.2 Å². The van der Waals surface area contributed by atoms with E-state index in [1.165, 1.54) is 4.88 Å². The van der Waals surface area contributed by atoms with Gasteiger partial charge in [-0.15, -0.1) is 11.3 Å². The lowest BCUT2D eigenvalue weighted by Gasteiger charge is -2.34. The zero-order valence-electron chi connectivity index (χ0n) is 9.45. The molecule has 1 aromatic heterocycles. The van der Waals surface area contributed by atoms with Crippen molar-refractivity contribution in [2.45, 2.75) is 31.8 Å². The van der Waals surface area contributed by atoms with Crippen LogP contribution in [0.3, 0.4) is 0 Å². The van der Waals surface area contributed by atoms with Crippen molar-refractivity contribution < 1.29 is 4.74 Å². The molecule has 0 radical (unpaired) electrons. The second-order valence-electron chi connectivity index (χ2n) is 4.40. The van der Waals surface area contributed by atoms with Crippen LogP contribution in [0.1, 0.15) is 29.5 Å². The highest BCUT2D eigenvalue weighted by Crippen LogP contribution is 2.22. The summed E-state index contributed by atoms with van der Waals surface area (Å²) < 4.78 is 5.36. The molecule has 0 amide bonds. The molecule has 0 bridgehead atoms. The molecule has 1 aliphatic rings. The molecular formula is C12H16N2OS. The van der Waals surface area contributed by atoms with Gasteiger partial charge in [-0.25, -0.2) is 0 Å². The maximum absolute atomic E-state index is 8.74. The Bertz CT molecular complexity index is 388. The maximum atomic E-state index is 8.74. The fourth-order valence-corrected chi connectivity index (χ4v) is 2.58. The van der Waals surface area contributed by atoms with E-state index >= 15 is 0 Å². The van der Waals surface area contributed by atoms with Gasteiger partial charge in [0, 0.05) is 30.2 Å². The van der Waals surface area contributed by atoms with Crippen LogP contribution in [0.2, 0.25) is 0 Å². The molecule has 16 heavy (non-hydrogen) atoms. The number of nitriles is 1. The molecule has 1 fully saturated rings. The first-order chi connectivity index (χ1) is 7.72. The van der Waals surface area contributed by atoms with Crippen LogP contribution in [0.5, 0.6) is 0 Å². The summed E-state index contributed by atoms with van der Waals surface area (Å²) in [5.74, 6) is 0. The Labute approximate surface area is 100 Å². The summed E-state index contributed by atoms with van der Waals surface area (Å²) in [6.07, 6.45) is 2.12. The Morgan fingerprint density at radius 1 is 1.50 bits per heavy atom. The first kappa shape index (κ1) is 11.6. The summed E-state index contributed by atoms with van der Waals surface area (Å²) in [6.45, 7) is 4.78. The molecule has 4 heteroatoms. The second-order valence-corrected chi connectivity index (χ2v) is 5.57. The molecule has 86 valence electrons. The minimum atomic E-state index is 0.190. The SMILES string of the molecule is CC1(NCc2ccc(C#N)s2)CCOCC1. The first-order valence-corrected chi connectivity index (χ1v) is 6.35. The Balaban J connectivity index is 1.89. The van der Waals surface area contributed by atoms with Gasteiger partial charge in [-0.3, -0.25) is 0 Å². The van der Waals surface area contributed by atoms with Crippen LogP contribution in [0.15, 0.2) is 12.1 Å². The minimum absolute atomic E-state index is 0.190. The zero-order chi connectivity index (χ0) is 11.4. The minimum Gasteiger partial charge on any atom is -0.381 e. The molecule has 0 spiro atoms. The lowest BCUT2D eigenvalue weighted by molar-refractivity contribution is 0.0447. The number of thiophene rings is 1. The molecule has 0 aromatic carbocycles. The average molecular weight is 236 g/mol. The fourth-order valence-electron chi connectivity index (χ4n) is 1.83. The predicted octanol–water partition coefficient (Wildman–Crippen LogP) is 2.28. The van der Waals surface area contributed by atoms with Gasteiger partial charge in [-0.1, -0.05) is 0 Å². The Morgan fingerprint density at radius 3 is 2.88 bits per heavy atom. The van der Waals surface area contributed by atoms with Crippen LogP contribution in [-0.4, -0.2) is 18.8 Å². The maximum Gasteiger partial charge on any atom is 0.110 e. The van der Waals surface area contributed by atoms with Crippen LogP contribution in [-0.2, 0) is 11.3 Å². The van der Waals surface area contributed by atoms with Crippen molar-refractivity contribution in [1.82, 2.24) is 5.32 Å². The van der Waals surface area contributed by atoms with Crippen LogP contribution >= 0.6 is 11.3 Å². The molecule has 1 saturated heterocycles. The lowest BCUT2D eigenvalue weighted by Crippen LogP contribution is -2.46. The molecule has 0 unspecified atom stereocenters. The fraction of sp³-hybridized carbons (Fsp3) is 0.583. The molecule has 0 aliphatic carbocycles. The van der Waals surface area contributed by atoms with Crippen LogP contribution in [0, 0.1) is 11.3 Å². The van der Waals surface area contributed by atoms with Gasteiger partial charge >= 0.3 is 0 Å². The summed E-state index contributed by atoms with van der Waals surface area (Å²) >= 11 is 1.57. The Morgan fingerprint density at radius 2 is 2.25 bits per heavy atom. The number of rotatable bonds is 3. The summed E-state index contributed by atoms with van der Waals surface area (Å²) in [7, 11) is 0. The highest BCUT2D eigenvalue weighted by atomic mass is 32.1. The topological polar surface area (TPSA) is 45.0 Å². The first-order valence-electron chi connectivity index (χ1n) is 5.53. The van der Waals surface area contributed by atoms with Gasteiger partial charge in [0.05, 0.1) is 0 Å². The van der Waals surface area contributed by atoms with Crippen molar-refractivity contribution in [3.05, 3.63) is 21.9 Å². The van der Waals surface area contributed by atoms with Gasteiger partial charge in [0.25, 0.3) is 0 Å². The van der Waals surface area contributed by atoms with E-state index in [0.717, 1.165) is 37.5 Å². The van der Waals surface area contributed by atoms with Gasteiger partial charge in [0.15, 0.2) is 0 Å². The van der Waals surface area contributed by atoms with E-state index in [2.05, 4.69) is 18.3 Å². The average Bonchev–Trinajstić information content (AvgIpc) is 2.75. The third-order valence-electron chi connectivity index (χ3n) is 3.06. The molecule has 1 N–H and O–H groups in total. The third kappa shape index (κ3) is 2.82. The molecule has 0 saturated carbocycles. The number of hydrogen-bond acceptors (Lipinski definition) is 4. The predicted molar refractivity (Wildman–Crippen MR) is 64.3 cm³/mol. The summed E-state index contributed by atoms with van der Waals surface area (Å²) in [6, 6.07) is 6.08. The van der Waals surface area contributed by atoms with Gasteiger partial charge in [-0.2, -0.15) is 5.26 Å². The monoisotopic (exact) mass is 236 g/mol. The van der Waals surface area contributed by atoms with Crippen molar-refractivity contribution >= 4 is 11.3 Å². The molecule has 2 heterocycles. The Kier molecular flexibility index (Phi) is 3.59. The molecule has 0 atom stereocenters. The van der Waals surface area contributed by atoms with E-state index in [9.17, 15) is 0 Å². The van der Waals surface area contributed by atoms with Gasteiger partial charge in [-0.05, 0) is 31.9 Å². The largest absolute Gasteiger partial charge is 0.381 e. The van der Waals surface area contributed by atoms with E-state index in [1.54, 1.807) is 11.3 Å². The number of ether oxygens (including phenoxy) is 1. The second kappa shape index (κ2) is 4.96. The summed E-state index contributed by atoms with van der Waals surface area (Å²) in [4.78, 5) is 2.01. The zero-order valence-corrected chi connectivity index (χ0v) is 10.3. The molecule has 3 nitrogen and oxygen atoms in total. The third-order valence-corrected chi connectivity index (χ3v) is 4.05. The highest BCUT2D eigenvalue weighted by Gasteiger charge is 2.26. The van der Waals surface area contributed by atoms with Crippen molar-refractivity contribution in [3.63, 3.8) is 0 Å². The smallest absolute Gasteiger partial charge is 0.110 e. The quantitative estimate of drug-likeness (QED) is 0.875. The van der Waals surface area contributed by atoms with E-state index in [-0.39, 0.29) is 5.54 Å².